The van der Waals surface area contributed by atoms with Crippen molar-refractivity contribution in [3.8, 4) is 0 Å². The Morgan fingerprint density at radius 2 is 2.12 bits per heavy atom. The zero-order valence-electron chi connectivity index (χ0n) is 9.27. The maximum Gasteiger partial charge on any atom is 0.255 e. The van der Waals surface area contributed by atoms with Crippen LogP contribution >= 0.6 is 0 Å². The molecule has 0 atom stereocenters. The molecule has 0 spiro atoms. The molecular weight excluding hydrogens is 219 g/mol. The number of aryl methyl sites for hydroxylation is 1. The van der Waals surface area contributed by atoms with Crippen molar-refractivity contribution in [3.05, 3.63) is 59.7 Å². The van der Waals surface area contributed by atoms with Crippen LogP contribution in [0.1, 0.15) is 16.1 Å². The molecule has 4 heteroatoms. The summed E-state index contributed by atoms with van der Waals surface area (Å²) in [5, 5.41) is 2.64. The van der Waals surface area contributed by atoms with Gasteiger partial charge in [0.05, 0.1) is 11.9 Å². The van der Waals surface area contributed by atoms with Crippen molar-refractivity contribution in [3.63, 3.8) is 0 Å². The van der Waals surface area contributed by atoms with E-state index in [9.17, 15) is 9.18 Å². The predicted molar refractivity (Wildman–Crippen MR) is 63.3 cm³/mol. The number of carbonyl (C=O) groups excluding carboxylic acids is 1. The maximum atomic E-state index is 12.9. The van der Waals surface area contributed by atoms with E-state index in [0.717, 1.165) is 5.69 Å². The molecule has 0 aliphatic carbocycles. The molecule has 1 aromatic carbocycles. The lowest BCUT2D eigenvalue weighted by Crippen LogP contribution is -2.12. The van der Waals surface area contributed by atoms with Crippen LogP contribution in [0.15, 0.2) is 42.6 Å². The third-order valence-electron chi connectivity index (χ3n) is 2.26. The quantitative estimate of drug-likeness (QED) is 0.861. The van der Waals surface area contributed by atoms with E-state index in [4.69, 9.17) is 0 Å². The number of carbonyl (C=O) groups is 1. The molecule has 1 amide bonds. The molecule has 0 fully saturated rings. The summed E-state index contributed by atoms with van der Waals surface area (Å²) in [5.74, 6) is -0.783. The van der Waals surface area contributed by atoms with E-state index in [-0.39, 0.29) is 11.5 Å². The second-order valence-electron chi connectivity index (χ2n) is 3.65. The number of benzene rings is 1. The van der Waals surface area contributed by atoms with Gasteiger partial charge >= 0.3 is 0 Å². The lowest BCUT2D eigenvalue weighted by atomic mass is 10.2. The zero-order chi connectivity index (χ0) is 12.3. The van der Waals surface area contributed by atoms with Crippen molar-refractivity contribution in [1.82, 2.24) is 4.98 Å². The van der Waals surface area contributed by atoms with Crippen LogP contribution in [0.2, 0.25) is 0 Å². The molecule has 0 saturated heterocycles. The summed E-state index contributed by atoms with van der Waals surface area (Å²) >= 11 is 0. The van der Waals surface area contributed by atoms with Gasteiger partial charge in [0.25, 0.3) is 5.91 Å². The minimum Gasteiger partial charge on any atom is -0.321 e. The Labute approximate surface area is 98.3 Å². The van der Waals surface area contributed by atoms with Crippen LogP contribution in [0.5, 0.6) is 0 Å². The number of halogens is 1. The Morgan fingerprint density at radius 3 is 2.76 bits per heavy atom. The Morgan fingerprint density at radius 1 is 1.29 bits per heavy atom. The number of nitrogens with zero attached hydrogens (tertiary/aromatic N) is 1. The number of nitrogens with one attached hydrogen (secondary N) is 1. The third kappa shape index (κ3) is 2.87. The summed E-state index contributed by atoms with van der Waals surface area (Å²) in [5.41, 5.74) is 1.74. The molecule has 3 nitrogen and oxygen atoms in total. The van der Waals surface area contributed by atoms with Gasteiger partial charge in [-0.2, -0.15) is 0 Å². The first-order valence-electron chi connectivity index (χ1n) is 5.15. The smallest absolute Gasteiger partial charge is 0.255 e. The second kappa shape index (κ2) is 4.74. The molecular formula is C13H11FN2O. The highest BCUT2D eigenvalue weighted by Gasteiger charge is 2.06. The number of hydrogen-bond donors (Lipinski definition) is 1. The van der Waals surface area contributed by atoms with Crippen molar-refractivity contribution in [2.24, 2.45) is 0 Å². The number of pyridine rings is 1. The van der Waals surface area contributed by atoms with Crippen LogP contribution in [0, 0.1) is 12.7 Å². The molecule has 0 saturated carbocycles. The number of aromatic nitrogens is 1. The number of anilines is 1. The summed E-state index contributed by atoms with van der Waals surface area (Å²) in [6, 6.07) is 9.08. The fourth-order valence-electron chi connectivity index (χ4n) is 1.37. The van der Waals surface area contributed by atoms with E-state index in [1.165, 1.54) is 18.2 Å². The maximum absolute atomic E-state index is 12.9. The van der Waals surface area contributed by atoms with Gasteiger partial charge in [-0.25, -0.2) is 4.39 Å². The van der Waals surface area contributed by atoms with Crippen LogP contribution in [0.4, 0.5) is 10.1 Å². The molecule has 2 rings (SSSR count). The van der Waals surface area contributed by atoms with Crippen LogP contribution in [0.25, 0.3) is 0 Å². The second-order valence-corrected chi connectivity index (χ2v) is 3.65. The van der Waals surface area contributed by atoms with Crippen molar-refractivity contribution in [2.75, 3.05) is 5.32 Å². The molecule has 86 valence electrons. The molecule has 17 heavy (non-hydrogen) atoms. The summed E-state index contributed by atoms with van der Waals surface area (Å²) in [6.07, 6.45) is 1.56. The fraction of sp³-hybridized carbons (Fsp3) is 0.0769. The van der Waals surface area contributed by atoms with E-state index < -0.39 is 5.82 Å². The molecule has 1 heterocycles. The van der Waals surface area contributed by atoms with Crippen molar-refractivity contribution in [1.29, 1.82) is 0 Å². The van der Waals surface area contributed by atoms with Crippen molar-refractivity contribution in [2.45, 2.75) is 6.92 Å². The average molecular weight is 230 g/mol. The van der Waals surface area contributed by atoms with Gasteiger partial charge in [0.2, 0.25) is 0 Å². The first-order chi connectivity index (χ1) is 8.15. The van der Waals surface area contributed by atoms with Gasteiger partial charge in [0.15, 0.2) is 0 Å². The predicted octanol–water partition coefficient (Wildman–Crippen LogP) is 2.78. The standard InChI is InChI=1S/C13H11FN2O/c1-9-5-6-12(8-15-9)16-13(17)10-3-2-4-11(14)7-10/h2-8H,1H3,(H,16,17). The third-order valence-corrected chi connectivity index (χ3v) is 2.26. The Hall–Kier alpha value is -2.23. The Balaban J connectivity index is 2.14. The molecule has 2 aromatic rings. The molecule has 0 unspecified atom stereocenters. The van der Waals surface area contributed by atoms with Gasteiger partial charge in [-0.1, -0.05) is 6.07 Å². The highest BCUT2D eigenvalue weighted by atomic mass is 19.1. The van der Waals surface area contributed by atoms with Crippen molar-refractivity contribution < 1.29 is 9.18 Å². The average Bonchev–Trinajstić information content (AvgIpc) is 2.32. The largest absolute Gasteiger partial charge is 0.321 e. The van der Waals surface area contributed by atoms with E-state index in [1.807, 2.05) is 6.92 Å². The minimum absolute atomic E-state index is 0.283. The monoisotopic (exact) mass is 230 g/mol. The first kappa shape index (κ1) is 11.3. The van der Waals surface area contributed by atoms with Crippen LogP contribution in [0.3, 0.4) is 0 Å². The number of amides is 1. The summed E-state index contributed by atoms with van der Waals surface area (Å²) in [6.45, 7) is 1.86. The van der Waals surface area contributed by atoms with Crippen molar-refractivity contribution >= 4 is 11.6 Å². The molecule has 0 aliphatic rings. The van der Waals surface area contributed by atoms with Crippen LogP contribution in [-0.4, -0.2) is 10.9 Å². The Bertz CT molecular complexity index is 537. The first-order valence-corrected chi connectivity index (χ1v) is 5.15. The SMILES string of the molecule is Cc1ccc(NC(=O)c2cccc(F)c2)cn1. The van der Waals surface area contributed by atoms with Gasteiger partial charge in [0, 0.05) is 11.3 Å². The molecule has 1 N–H and O–H groups in total. The van der Waals surface area contributed by atoms with Gasteiger partial charge < -0.3 is 5.32 Å². The lowest BCUT2D eigenvalue weighted by molar-refractivity contribution is 0.102. The van der Waals surface area contributed by atoms with E-state index >= 15 is 0 Å². The summed E-state index contributed by atoms with van der Waals surface area (Å²) in [4.78, 5) is 15.8. The highest BCUT2D eigenvalue weighted by Crippen LogP contribution is 2.09. The number of rotatable bonds is 2. The van der Waals surface area contributed by atoms with Gasteiger partial charge in [-0.3, -0.25) is 9.78 Å². The zero-order valence-corrected chi connectivity index (χ0v) is 9.27. The topological polar surface area (TPSA) is 42.0 Å². The van der Waals surface area contributed by atoms with Gasteiger partial charge in [0.1, 0.15) is 5.82 Å². The lowest BCUT2D eigenvalue weighted by Gasteiger charge is -2.04. The Kier molecular flexibility index (Phi) is 3.14. The van der Waals surface area contributed by atoms with Gasteiger partial charge in [-0.05, 0) is 37.3 Å². The fourth-order valence-corrected chi connectivity index (χ4v) is 1.37. The molecule has 1 aromatic heterocycles. The molecule has 0 bridgehead atoms. The summed E-state index contributed by atoms with van der Waals surface area (Å²) in [7, 11) is 0. The highest BCUT2D eigenvalue weighted by molar-refractivity contribution is 6.04. The summed E-state index contributed by atoms with van der Waals surface area (Å²) < 4.78 is 12.9. The van der Waals surface area contributed by atoms with Crippen LogP contribution < -0.4 is 5.32 Å². The normalized spacial score (nSPS) is 10.0. The van der Waals surface area contributed by atoms with E-state index in [1.54, 1.807) is 24.4 Å². The molecule has 0 radical (unpaired) electrons. The van der Waals surface area contributed by atoms with E-state index in [0.29, 0.717) is 5.69 Å². The van der Waals surface area contributed by atoms with Gasteiger partial charge in [-0.15, -0.1) is 0 Å². The van der Waals surface area contributed by atoms with Crippen LogP contribution in [-0.2, 0) is 0 Å². The molecule has 0 aliphatic heterocycles. The number of hydrogen-bond acceptors (Lipinski definition) is 2. The minimum atomic E-state index is -0.431. The van der Waals surface area contributed by atoms with E-state index in [2.05, 4.69) is 10.3 Å².